The maximum absolute atomic E-state index is 12.2. The zero-order valence-corrected chi connectivity index (χ0v) is 12.6. The van der Waals surface area contributed by atoms with Crippen LogP contribution < -0.4 is 0 Å². The van der Waals surface area contributed by atoms with Crippen LogP contribution >= 0.6 is 18.2 Å². The van der Waals surface area contributed by atoms with Gasteiger partial charge >= 0.3 is 6.80 Å². The molecule has 102 valence electrons. The number of rotatable bonds is 11. The van der Waals surface area contributed by atoms with Crippen molar-refractivity contribution >= 4 is 24.0 Å². The molecule has 0 aliphatic carbocycles. The third-order valence-electron chi connectivity index (χ3n) is 1.92. The lowest BCUT2D eigenvalue weighted by Gasteiger charge is -2.16. The second-order valence-corrected chi connectivity index (χ2v) is 7.87. The molecule has 0 aromatic carbocycles. The smallest absolute Gasteiger partial charge is 0.301 e. The van der Waals surface area contributed by atoms with Crippen molar-refractivity contribution in [3.05, 3.63) is 0 Å². The molecule has 0 atom stereocenters. The molecule has 17 heavy (non-hydrogen) atoms. The average Bonchev–Trinajstić information content (AvgIpc) is 2.27. The van der Waals surface area contributed by atoms with Crippen LogP contribution in [0.15, 0.2) is 0 Å². The highest BCUT2D eigenvalue weighted by Gasteiger charge is 2.25. The molecule has 4 nitrogen and oxygen atoms in total. The number of unbranched alkanes of at least 4 members (excludes halogenated alkanes) is 2. The summed E-state index contributed by atoms with van der Waals surface area (Å²) in [5, 5.41) is 0. The lowest BCUT2D eigenvalue weighted by atomic mass is 10.4. The van der Waals surface area contributed by atoms with E-state index in [0.29, 0.717) is 13.2 Å². The second kappa shape index (κ2) is 10.1. The molecule has 0 aromatic rings. The van der Waals surface area contributed by atoms with E-state index >= 15 is 0 Å². The molecule has 0 heterocycles. The minimum absolute atomic E-state index is 0.0200. The van der Waals surface area contributed by atoms with Gasteiger partial charge in [-0.25, -0.2) is 4.57 Å². The summed E-state index contributed by atoms with van der Waals surface area (Å²) in [5.41, 5.74) is 0. The molecular formula is C11H23O4PS. The Kier molecular flexibility index (Phi) is 10.2. The minimum atomic E-state index is -3.14. The van der Waals surface area contributed by atoms with Gasteiger partial charge in [-0.3, -0.25) is 4.79 Å². The van der Waals surface area contributed by atoms with E-state index in [1.54, 1.807) is 0 Å². The van der Waals surface area contributed by atoms with Gasteiger partial charge in [0.05, 0.1) is 19.0 Å². The number of carbonyl (C=O) groups excluding carboxylic acids is 1. The van der Waals surface area contributed by atoms with Gasteiger partial charge in [0, 0.05) is 0 Å². The maximum atomic E-state index is 12.2. The number of carbonyl (C=O) groups is 1. The predicted molar refractivity (Wildman–Crippen MR) is 72.5 cm³/mol. The van der Waals surface area contributed by atoms with Crippen molar-refractivity contribution in [1.82, 2.24) is 0 Å². The van der Waals surface area contributed by atoms with Crippen LogP contribution in [0.4, 0.5) is 0 Å². The molecule has 0 aromatic heterocycles. The molecule has 6 heteroatoms. The molecule has 0 saturated heterocycles. The topological polar surface area (TPSA) is 52.6 Å². The van der Waals surface area contributed by atoms with Gasteiger partial charge in [0.15, 0.2) is 0 Å². The Morgan fingerprint density at radius 1 is 1.12 bits per heavy atom. The zero-order valence-electron chi connectivity index (χ0n) is 10.9. The minimum Gasteiger partial charge on any atom is -0.301 e. The van der Waals surface area contributed by atoms with E-state index in [1.165, 1.54) is 6.92 Å². The molecular weight excluding hydrogens is 259 g/mol. The van der Waals surface area contributed by atoms with Crippen molar-refractivity contribution in [1.29, 1.82) is 0 Å². The van der Waals surface area contributed by atoms with E-state index in [1.807, 2.05) is 13.8 Å². The van der Waals surface area contributed by atoms with E-state index in [4.69, 9.17) is 9.05 Å². The average molecular weight is 282 g/mol. The Bertz CT molecular complexity index is 244. The molecule has 0 aliphatic heterocycles. The first-order chi connectivity index (χ1) is 8.04. The largest absolute Gasteiger partial charge is 0.389 e. The highest BCUT2D eigenvalue weighted by molar-refractivity contribution is 8.55. The van der Waals surface area contributed by atoms with E-state index < -0.39 is 6.80 Å². The van der Waals surface area contributed by atoms with Crippen molar-refractivity contribution in [3.8, 4) is 0 Å². The van der Waals surface area contributed by atoms with E-state index in [2.05, 4.69) is 0 Å². The molecule has 0 N–H and O–H groups in total. The van der Waals surface area contributed by atoms with Crippen LogP contribution in [0, 0.1) is 0 Å². The number of hydrogen-bond donors (Lipinski definition) is 0. The molecule has 0 rings (SSSR count). The monoisotopic (exact) mass is 282 g/mol. The van der Waals surface area contributed by atoms with Gasteiger partial charge in [0.1, 0.15) is 5.78 Å². The first-order valence-corrected chi connectivity index (χ1v) is 9.20. The Labute approximate surface area is 108 Å². The summed E-state index contributed by atoms with van der Waals surface area (Å²) in [4.78, 5) is 10.9. The van der Waals surface area contributed by atoms with Crippen LogP contribution in [0.2, 0.25) is 0 Å². The van der Waals surface area contributed by atoms with Crippen molar-refractivity contribution < 1.29 is 18.4 Å². The summed E-state index contributed by atoms with van der Waals surface area (Å²) < 4.78 is 22.9. The fraction of sp³-hybridized carbons (Fsp3) is 0.909. The third-order valence-corrected chi connectivity index (χ3v) is 5.74. The van der Waals surface area contributed by atoms with Gasteiger partial charge in [-0.05, 0) is 31.1 Å². The summed E-state index contributed by atoms with van der Waals surface area (Å²) in [6.45, 7) is 3.25. The lowest BCUT2D eigenvalue weighted by molar-refractivity contribution is -0.114. The van der Waals surface area contributed by atoms with Gasteiger partial charge in [0.2, 0.25) is 0 Å². The molecule has 0 bridgehead atoms. The van der Waals surface area contributed by atoms with Gasteiger partial charge in [-0.2, -0.15) is 0 Å². The molecule has 0 spiro atoms. The molecule has 0 radical (unpaired) electrons. The van der Waals surface area contributed by atoms with Crippen molar-refractivity contribution in [2.45, 2.75) is 46.5 Å². The predicted octanol–water partition coefficient (Wildman–Crippen LogP) is 4.05. The van der Waals surface area contributed by atoms with E-state index in [-0.39, 0.29) is 11.5 Å². The molecule has 0 saturated carbocycles. The number of ketones is 1. The van der Waals surface area contributed by atoms with Crippen LogP contribution in [0.1, 0.15) is 46.5 Å². The maximum Gasteiger partial charge on any atom is 0.389 e. The van der Waals surface area contributed by atoms with Crippen LogP contribution in [-0.4, -0.2) is 24.7 Å². The SMILES string of the molecule is CCCCOP(=O)(OCCCC)SCC(C)=O. The standard InChI is InChI=1S/C11H23O4PS/c1-4-6-8-14-16(13,15-9-7-5-2)17-10-11(3)12/h4-10H2,1-3H3. The first-order valence-electron chi connectivity index (χ1n) is 6.07. The second-order valence-electron chi connectivity index (χ2n) is 3.80. The van der Waals surface area contributed by atoms with E-state index in [0.717, 1.165) is 37.1 Å². The van der Waals surface area contributed by atoms with Gasteiger partial charge in [-0.1, -0.05) is 26.7 Å². The normalized spacial score (nSPS) is 11.7. The van der Waals surface area contributed by atoms with Gasteiger partial charge in [0.25, 0.3) is 0 Å². The summed E-state index contributed by atoms with van der Waals surface area (Å²) in [5.74, 6) is 0.156. The fourth-order valence-electron chi connectivity index (χ4n) is 0.923. The van der Waals surface area contributed by atoms with Crippen molar-refractivity contribution in [2.24, 2.45) is 0 Å². The Morgan fingerprint density at radius 3 is 1.94 bits per heavy atom. The highest BCUT2D eigenvalue weighted by Crippen LogP contribution is 2.60. The summed E-state index contributed by atoms with van der Waals surface area (Å²) in [7, 11) is 0. The zero-order chi connectivity index (χ0) is 13.1. The van der Waals surface area contributed by atoms with Crippen molar-refractivity contribution in [3.63, 3.8) is 0 Å². The van der Waals surface area contributed by atoms with Crippen LogP contribution in [-0.2, 0) is 18.4 Å². The quantitative estimate of drug-likeness (QED) is 0.422. The Hall–Kier alpha value is 0.170. The molecule has 0 unspecified atom stereocenters. The number of Topliss-reactive ketones (excluding diaryl/α,β-unsaturated/α-hetero) is 1. The fourth-order valence-corrected chi connectivity index (χ4v) is 4.11. The first kappa shape index (κ1) is 17.2. The Morgan fingerprint density at radius 2 is 1.59 bits per heavy atom. The molecule has 0 amide bonds. The van der Waals surface area contributed by atoms with Gasteiger partial charge < -0.3 is 9.05 Å². The lowest BCUT2D eigenvalue weighted by Crippen LogP contribution is -2.00. The summed E-state index contributed by atoms with van der Waals surface area (Å²) >= 11 is 0.994. The molecule has 0 aliphatic rings. The van der Waals surface area contributed by atoms with Crippen LogP contribution in [0.5, 0.6) is 0 Å². The Balaban J connectivity index is 4.14. The highest BCUT2D eigenvalue weighted by atomic mass is 32.7. The third kappa shape index (κ3) is 9.83. The van der Waals surface area contributed by atoms with Crippen LogP contribution in [0.25, 0.3) is 0 Å². The number of hydrogen-bond acceptors (Lipinski definition) is 5. The van der Waals surface area contributed by atoms with E-state index in [9.17, 15) is 9.36 Å². The van der Waals surface area contributed by atoms with Crippen molar-refractivity contribution in [2.75, 3.05) is 19.0 Å². The summed E-state index contributed by atoms with van der Waals surface area (Å²) in [6.07, 6.45) is 3.65. The molecule has 0 fully saturated rings. The summed E-state index contributed by atoms with van der Waals surface area (Å²) in [6, 6.07) is 0. The van der Waals surface area contributed by atoms with Gasteiger partial charge in [-0.15, -0.1) is 0 Å². The van der Waals surface area contributed by atoms with Crippen LogP contribution in [0.3, 0.4) is 0 Å².